The first-order valence-electron chi connectivity index (χ1n) is 6.98. The van der Waals surface area contributed by atoms with Gasteiger partial charge in [-0.3, -0.25) is 0 Å². The third-order valence-corrected chi connectivity index (χ3v) is 6.14. The summed E-state index contributed by atoms with van der Waals surface area (Å²) in [6.45, 7) is 8.18. The molecule has 2 heteroatoms. The second-order valence-electron chi connectivity index (χ2n) is 5.26. The molecule has 0 amide bonds. The average molecular weight is 243 g/mol. The second-order valence-corrected chi connectivity index (χ2v) is 6.53. The summed E-state index contributed by atoms with van der Waals surface area (Å²) in [4.78, 5) is 0. The fourth-order valence-corrected chi connectivity index (χ4v) is 3.63. The molecule has 0 aromatic rings. The van der Waals surface area contributed by atoms with Gasteiger partial charge >= 0.3 is 0 Å². The summed E-state index contributed by atoms with van der Waals surface area (Å²) in [6, 6.07) is 0.801. The highest BCUT2D eigenvalue weighted by molar-refractivity contribution is 8.00. The third kappa shape index (κ3) is 3.66. The molecule has 0 saturated heterocycles. The van der Waals surface area contributed by atoms with E-state index in [1.807, 2.05) is 11.8 Å². The van der Waals surface area contributed by atoms with E-state index < -0.39 is 0 Å². The largest absolute Gasteiger partial charge is 0.313 e. The molecule has 16 heavy (non-hydrogen) atoms. The highest BCUT2D eigenvalue weighted by atomic mass is 32.2. The SMILES string of the molecule is CCC1CCC(NCC(CC)(CC)SC)C1. The van der Waals surface area contributed by atoms with Crippen molar-refractivity contribution in [1.82, 2.24) is 5.32 Å². The predicted molar refractivity (Wildman–Crippen MR) is 76.3 cm³/mol. The molecular weight excluding hydrogens is 214 g/mol. The van der Waals surface area contributed by atoms with Gasteiger partial charge in [0.25, 0.3) is 0 Å². The number of rotatable bonds is 7. The van der Waals surface area contributed by atoms with E-state index in [0.717, 1.165) is 12.0 Å². The van der Waals surface area contributed by atoms with Crippen molar-refractivity contribution in [3.8, 4) is 0 Å². The van der Waals surface area contributed by atoms with Crippen molar-refractivity contribution in [2.45, 2.75) is 70.1 Å². The van der Waals surface area contributed by atoms with E-state index in [1.165, 1.54) is 45.1 Å². The van der Waals surface area contributed by atoms with E-state index in [9.17, 15) is 0 Å². The van der Waals surface area contributed by atoms with E-state index in [0.29, 0.717) is 4.75 Å². The van der Waals surface area contributed by atoms with Gasteiger partial charge in [0.2, 0.25) is 0 Å². The Kier molecular flexibility index (Phi) is 6.20. The molecule has 0 spiro atoms. The molecule has 1 saturated carbocycles. The van der Waals surface area contributed by atoms with Crippen LogP contribution in [0.1, 0.15) is 59.3 Å². The quantitative estimate of drug-likeness (QED) is 0.723. The maximum absolute atomic E-state index is 3.82. The van der Waals surface area contributed by atoms with Crippen LogP contribution >= 0.6 is 11.8 Å². The Hall–Kier alpha value is 0.310. The predicted octanol–water partition coefficient (Wildman–Crippen LogP) is 4.08. The smallest absolute Gasteiger partial charge is 0.0276 e. The first kappa shape index (κ1) is 14.4. The maximum Gasteiger partial charge on any atom is 0.0276 e. The molecule has 0 aromatic heterocycles. The average Bonchev–Trinajstić information content (AvgIpc) is 2.80. The molecule has 0 aromatic carbocycles. The monoisotopic (exact) mass is 243 g/mol. The Bertz CT molecular complexity index is 181. The second kappa shape index (κ2) is 6.90. The van der Waals surface area contributed by atoms with E-state index >= 15 is 0 Å². The topological polar surface area (TPSA) is 12.0 Å². The lowest BCUT2D eigenvalue weighted by molar-refractivity contribution is 0.427. The molecule has 0 heterocycles. The molecule has 1 aliphatic carbocycles. The molecule has 96 valence electrons. The van der Waals surface area contributed by atoms with Crippen molar-refractivity contribution in [1.29, 1.82) is 0 Å². The van der Waals surface area contributed by atoms with Gasteiger partial charge in [0, 0.05) is 17.3 Å². The third-order valence-electron chi connectivity index (χ3n) is 4.55. The van der Waals surface area contributed by atoms with Crippen molar-refractivity contribution in [2.75, 3.05) is 12.8 Å². The highest BCUT2D eigenvalue weighted by Gasteiger charge is 2.28. The molecule has 1 nitrogen and oxygen atoms in total. The molecule has 1 fully saturated rings. The zero-order chi connectivity index (χ0) is 12.0. The molecular formula is C14H29NS. The lowest BCUT2D eigenvalue weighted by atomic mass is 10.0. The van der Waals surface area contributed by atoms with E-state index in [-0.39, 0.29) is 0 Å². The summed E-state index contributed by atoms with van der Waals surface area (Å²) in [6.07, 6.45) is 10.4. The van der Waals surface area contributed by atoms with Crippen LogP contribution in [0, 0.1) is 5.92 Å². The standard InChI is InChI=1S/C14H29NS/c1-5-12-8-9-13(10-12)15-11-14(6-2,7-3)16-4/h12-13,15H,5-11H2,1-4H3. The van der Waals surface area contributed by atoms with Crippen molar-refractivity contribution in [3.05, 3.63) is 0 Å². The number of thioether (sulfide) groups is 1. The van der Waals surface area contributed by atoms with Crippen LogP contribution in [0.3, 0.4) is 0 Å². The van der Waals surface area contributed by atoms with E-state index in [4.69, 9.17) is 0 Å². The van der Waals surface area contributed by atoms with Crippen molar-refractivity contribution in [2.24, 2.45) is 5.92 Å². The highest BCUT2D eigenvalue weighted by Crippen LogP contribution is 2.32. The van der Waals surface area contributed by atoms with Crippen LogP contribution in [0.4, 0.5) is 0 Å². The zero-order valence-electron chi connectivity index (χ0n) is 11.5. The number of hydrogen-bond acceptors (Lipinski definition) is 2. The van der Waals surface area contributed by atoms with Crippen LogP contribution in [0.25, 0.3) is 0 Å². The van der Waals surface area contributed by atoms with Gasteiger partial charge in [-0.15, -0.1) is 0 Å². The first-order chi connectivity index (χ1) is 7.69. The molecule has 0 radical (unpaired) electrons. The molecule has 2 unspecified atom stereocenters. The Labute approximate surface area is 106 Å². The van der Waals surface area contributed by atoms with Crippen LogP contribution in [-0.2, 0) is 0 Å². The Morgan fingerprint density at radius 3 is 2.31 bits per heavy atom. The minimum atomic E-state index is 0.476. The molecule has 2 atom stereocenters. The molecule has 1 aliphatic rings. The van der Waals surface area contributed by atoms with Gasteiger partial charge in [0.1, 0.15) is 0 Å². The van der Waals surface area contributed by atoms with E-state index in [2.05, 4.69) is 32.3 Å². The number of hydrogen-bond donors (Lipinski definition) is 1. The lowest BCUT2D eigenvalue weighted by Gasteiger charge is -2.31. The Morgan fingerprint density at radius 1 is 1.19 bits per heavy atom. The fourth-order valence-electron chi connectivity index (χ4n) is 2.82. The number of nitrogens with one attached hydrogen (secondary N) is 1. The normalized spacial score (nSPS) is 26.2. The zero-order valence-corrected chi connectivity index (χ0v) is 12.3. The summed E-state index contributed by atoms with van der Waals surface area (Å²) in [7, 11) is 0. The molecule has 0 bridgehead atoms. The maximum atomic E-state index is 3.82. The van der Waals surface area contributed by atoms with Crippen LogP contribution in [0.2, 0.25) is 0 Å². The molecule has 0 aliphatic heterocycles. The summed E-state index contributed by atoms with van der Waals surface area (Å²) >= 11 is 2.04. The molecule has 1 N–H and O–H groups in total. The summed E-state index contributed by atoms with van der Waals surface area (Å²) in [5.74, 6) is 0.990. The van der Waals surface area contributed by atoms with Gasteiger partial charge in [0.15, 0.2) is 0 Å². The van der Waals surface area contributed by atoms with E-state index in [1.54, 1.807) is 0 Å². The van der Waals surface area contributed by atoms with Gasteiger partial charge in [-0.1, -0.05) is 27.2 Å². The van der Waals surface area contributed by atoms with Crippen molar-refractivity contribution >= 4 is 11.8 Å². The van der Waals surface area contributed by atoms with Gasteiger partial charge in [-0.25, -0.2) is 0 Å². The minimum absolute atomic E-state index is 0.476. The van der Waals surface area contributed by atoms with Gasteiger partial charge in [-0.2, -0.15) is 11.8 Å². The van der Waals surface area contributed by atoms with Crippen LogP contribution in [0.5, 0.6) is 0 Å². The minimum Gasteiger partial charge on any atom is -0.313 e. The lowest BCUT2D eigenvalue weighted by Crippen LogP contribution is -2.40. The Balaban J connectivity index is 2.33. The summed E-state index contributed by atoms with van der Waals surface area (Å²) in [5, 5.41) is 3.82. The summed E-state index contributed by atoms with van der Waals surface area (Å²) < 4.78 is 0.476. The molecule has 1 rings (SSSR count). The van der Waals surface area contributed by atoms with Crippen LogP contribution in [-0.4, -0.2) is 23.6 Å². The van der Waals surface area contributed by atoms with Crippen LogP contribution < -0.4 is 5.32 Å². The fraction of sp³-hybridized carbons (Fsp3) is 1.00. The van der Waals surface area contributed by atoms with Gasteiger partial charge in [-0.05, 0) is 44.3 Å². The van der Waals surface area contributed by atoms with Gasteiger partial charge in [0.05, 0.1) is 0 Å². The summed E-state index contributed by atoms with van der Waals surface area (Å²) in [5.41, 5.74) is 0. The van der Waals surface area contributed by atoms with Gasteiger partial charge < -0.3 is 5.32 Å². The first-order valence-corrected chi connectivity index (χ1v) is 8.20. The van der Waals surface area contributed by atoms with Crippen LogP contribution in [0.15, 0.2) is 0 Å². The Morgan fingerprint density at radius 2 is 1.88 bits per heavy atom. The van der Waals surface area contributed by atoms with Crippen molar-refractivity contribution < 1.29 is 0 Å². The van der Waals surface area contributed by atoms with Crippen molar-refractivity contribution in [3.63, 3.8) is 0 Å².